The Kier molecular flexibility index (Phi) is 12.2. The van der Waals surface area contributed by atoms with Crippen LogP contribution < -0.4 is 5.32 Å². The molecule has 10 heteroatoms. The van der Waals surface area contributed by atoms with Crippen LogP contribution >= 0.6 is 23.2 Å². The van der Waals surface area contributed by atoms with Gasteiger partial charge in [-0.15, -0.1) is 0 Å². The zero-order chi connectivity index (χ0) is 30.0. The fourth-order valence-electron chi connectivity index (χ4n) is 4.34. The first kappa shape index (κ1) is 32.6. The van der Waals surface area contributed by atoms with Gasteiger partial charge >= 0.3 is 0 Å². The van der Waals surface area contributed by atoms with Crippen LogP contribution in [0.3, 0.4) is 0 Å². The molecule has 0 unspecified atom stereocenters. The van der Waals surface area contributed by atoms with Crippen LogP contribution in [-0.2, 0) is 32.6 Å². The van der Waals surface area contributed by atoms with Crippen LogP contribution in [0.5, 0.6) is 0 Å². The summed E-state index contributed by atoms with van der Waals surface area (Å²) in [6.07, 6.45) is 1.31. The molecule has 2 amide bonds. The van der Waals surface area contributed by atoms with Crippen LogP contribution in [0, 0.1) is 0 Å². The third-order valence-corrected chi connectivity index (χ3v) is 9.56. The van der Waals surface area contributed by atoms with Gasteiger partial charge in [-0.25, -0.2) is 12.7 Å². The second-order valence-corrected chi connectivity index (χ2v) is 12.8. The molecule has 0 heterocycles. The maximum atomic E-state index is 13.9. The van der Waals surface area contributed by atoms with E-state index in [1.165, 1.54) is 28.4 Å². The number of sulfonamides is 1. The average molecular weight is 619 g/mol. The van der Waals surface area contributed by atoms with Crippen LogP contribution in [0.25, 0.3) is 0 Å². The first-order chi connectivity index (χ1) is 19.5. The van der Waals surface area contributed by atoms with Crippen molar-refractivity contribution in [3.05, 3.63) is 100 Å². The molecule has 0 fully saturated rings. The number of benzene rings is 3. The van der Waals surface area contributed by atoms with Crippen molar-refractivity contribution >= 4 is 45.0 Å². The maximum Gasteiger partial charge on any atom is 0.243 e. The number of carbonyl (C=O) groups excluding carboxylic acids is 2. The predicted molar refractivity (Wildman–Crippen MR) is 164 cm³/mol. The minimum atomic E-state index is -3.69. The Labute approximate surface area is 253 Å². The zero-order valence-electron chi connectivity index (χ0n) is 23.6. The minimum Gasteiger partial charge on any atom is -0.352 e. The van der Waals surface area contributed by atoms with E-state index in [2.05, 4.69) is 5.32 Å². The molecule has 0 aromatic heterocycles. The van der Waals surface area contributed by atoms with Gasteiger partial charge in [0.25, 0.3) is 0 Å². The second-order valence-electron chi connectivity index (χ2n) is 9.99. The molecule has 3 aromatic carbocycles. The summed E-state index contributed by atoms with van der Waals surface area (Å²) in [4.78, 5) is 29.2. The van der Waals surface area contributed by atoms with Crippen LogP contribution in [0.4, 0.5) is 0 Å². The molecule has 0 bridgehead atoms. The molecule has 0 saturated carbocycles. The summed E-state index contributed by atoms with van der Waals surface area (Å²) in [5.74, 6) is -0.574. The van der Waals surface area contributed by atoms with Gasteiger partial charge < -0.3 is 10.2 Å². The molecule has 41 heavy (non-hydrogen) atoms. The molecule has 1 N–H and O–H groups in total. The standard InChI is InChI=1S/C31H37Cl2N3O4S/c1-4-23(2)34-31(38)29(21-24-13-7-5-8-14-24)36(22-26-27(32)17-11-18-28(26)33)30(37)19-12-20-35(3)41(39,40)25-15-9-6-10-16-25/h5-11,13-18,23,29H,4,12,19-22H2,1-3H3,(H,34,38)/t23-,29+/m1/s1. The lowest BCUT2D eigenvalue weighted by atomic mass is 10.0. The van der Waals surface area contributed by atoms with Crippen LogP contribution in [-0.4, -0.2) is 55.1 Å². The van der Waals surface area contributed by atoms with Crippen molar-refractivity contribution in [3.8, 4) is 0 Å². The average Bonchev–Trinajstić information content (AvgIpc) is 2.96. The molecule has 2 atom stereocenters. The number of hydrogen-bond donors (Lipinski definition) is 1. The van der Waals surface area contributed by atoms with E-state index >= 15 is 0 Å². The molecule has 3 aromatic rings. The molecule has 220 valence electrons. The van der Waals surface area contributed by atoms with Gasteiger partial charge in [0.05, 0.1) is 4.90 Å². The van der Waals surface area contributed by atoms with E-state index in [1.54, 1.807) is 36.4 Å². The molecular formula is C31H37Cl2N3O4S. The zero-order valence-corrected chi connectivity index (χ0v) is 25.9. The van der Waals surface area contributed by atoms with Gasteiger partial charge in [0, 0.05) is 54.6 Å². The number of amides is 2. The van der Waals surface area contributed by atoms with Crippen molar-refractivity contribution in [2.24, 2.45) is 0 Å². The molecule has 3 rings (SSSR count). The Morgan fingerprint density at radius 2 is 1.49 bits per heavy atom. The number of rotatable bonds is 14. The highest BCUT2D eigenvalue weighted by molar-refractivity contribution is 7.89. The molecule has 0 radical (unpaired) electrons. The summed E-state index contributed by atoms with van der Waals surface area (Å²) in [6.45, 7) is 4.05. The first-order valence-corrected chi connectivity index (χ1v) is 15.8. The van der Waals surface area contributed by atoms with Crippen molar-refractivity contribution in [2.45, 2.75) is 63.1 Å². The fourth-order valence-corrected chi connectivity index (χ4v) is 6.09. The smallest absolute Gasteiger partial charge is 0.243 e. The molecule has 7 nitrogen and oxygen atoms in total. The van der Waals surface area contributed by atoms with Gasteiger partial charge in [-0.2, -0.15) is 0 Å². The number of nitrogens with one attached hydrogen (secondary N) is 1. The largest absolute Gasteiger partial charge is 0.352 e. The van der Waals surface area contributed by atoms with Crippen molar-refractivity contribution < 1.29 is 18.0 Å². The second kappa shape index (κ2) is 15.4. The van der Waals surface area contributed by atoms with Gasteiger partial charge in [0.1, 0.15) is 6.04 Å². The SMILES string of the molecule is CC[C@@H](C)NC(=O)[C@H](Cc1ccccc1)N(Cc1c(Cl)cccc1Cl)C(=O)CCCN(C)S(=O)(=O)c1ccccc1. The topological polar surface area (TPSA) is 86.8 Å². The summed E-state index contributed by atoms with van der Waals surface area (Å²) < 4.78 is 27.1. The summed E-state index contributed by atoms with van der Waals surface area (Å²) in [6, 6.07) is 21.8. The van der Waals surface area contributed by atoms with Gasteiger partial charge in [0.15, 0.2) is 0 Å². The lowest BCUT2D eigenvalue weighted by Gasteiger charge is -2.33. The fraction of sp³-hybridized carbons (Fsp3) is 0.355. The van der Waals surface area contributed by atoms with Gasteiger partial charge in [0.2, 0.25) is 21.8 Å². The van der Waals surface area contributed by atoms with Crippen LogP contribution in [0.15, 0.2) is 83.8 Å². The lowest BCUT2D eigenvalue weighted by Crippen LogP contribution is -2.52. The van der Waals surface area contributed by atoms with Gasteiger partial charge in [-0.3, -0.25) is 9.59 Å². The van der Waals surface area contributed by atoms with E-state index in [9.17, 15) is 18.0 Å². The van der Waals surface area contributed by atoms with Crippen molar-refractivity contribution in [1.29, 1.82) is 0 Å². The highest BCUT2D eigenvalue weighted by Crippen LogP contribution is 2.28. The van der Waals surface area contributed by atoms with E-state index < -0.39 is 16.1 Å². The highest BCUT2D eigenvalue weighted by atomic mass is 35.5. The number of carbonyl (C=O) groups is 2. The van der Waals surface area contributed by atoms with Crippen molar-refractivity contribution in [3.63, 3.8) is 0 Å². The Morgan fingerprint density at radius 1 is 0.902 bits per heavy atom. The third-order valence-electron chi connectivity index (χ3n) is 6.98. The minimum absolute atomic E-state index is 0.0264. The van der Waals surface area contributed by atoms with Crippen molar-refractivity contribution in [1.82, 2.24) is 14.5 Å². The van der Waals surface area contributed by atoms with E-state index in [4.69, 9.17) is 23.2 Å². The number of hydrogen-bond acceptors (Lipinski definition) is 4. The quantitative estimate of drug-likeness (QED) is 0.242. The van der Waals surface area contributed by atoms with E-state index in [0.29, 0.717) is 22.0 Å². The van der Waals surface area contributed by atoms with Gasteiger partial charge in [-0.05, 0) is 49.6 Å². The Bertz CT molecular complexity index is 1390. The lowest BCUT2D eigenvalue weighted by molar-refractivity contribution is -0.141. The molecular weight excluding hydrogens is 581 g/mol. The third kappa shape index (κ3) is 9.04. The summed E-state index contributed by atoms with van der Waals surface area (Å²) in [5, 5.41) is 3.81. The Morgan fingerprint density at radius 3 is 2.07 bits per heavy atom. The maximum absolute atomic E-state index is 13.9. The highest BCUT2D eigenvalue weighted by Gasteiger charge is 2.32. The Hall–Kier alpha value is -2.91. The molecule has 0 aliphatic carbocycles. The molecule has 0 aliphatic heterocycles. The summed E-state index contributed by atoms with van der Waals surface area (Å²) >= 11 is 13.0. The normalized spacial score (nSPS) is 13.0. The van der Waals surface area contributed by atoms with E-state index in [1.807, 2.05) is 44.2 Å². The number of nitrogens with zero attached hydrogens (tertiary/aromatic N) is 2. The van der Waals surface area contributed by atoms with Crippen LogP contribution in [0.2, 0.25) is 10.0 Å². The number of halogens is 2. The van der Waals surface area contributed by atoms with E-state index in [-0.39, 0.29) is 48.7 Å². The molecule has 0 saturated heterocycles. The first-order valence-electron chi connectivity index (χ1n) is 13.6. The molecule has 0 spiro atoms. The predicted octanol–water partition coefficient (Wildman–Crippen LogP) is 5.95. The molecule has 0 aliphatic rings. The van der Waals surface area contributed by atoms with E-state index in [0.717, 1.165) is 12.0 Å². The summed E-state index contributed by atoms with van der Waals surface area (Å²) in [5.41, 5.74) is 1.44. The van der Waals surface area contributed by atoms with Crippen molar-refractivity contribution in [2.75, 3.05) is 13.6 Å². The van der Waals surface area contributed by atoms with Crippen LogP contribution in [0.1, 0.15) is 44.2 Å². The van der Waals surface area contributed by atoms with Gasteiger partial charge in [-0.1, -0.05) is 84.7 Å². The summed E-state index contributed by atoms with van der Waals surface area (Å²) in [7, 11) is -2.20. The monoisotopic (exact) mass is 617 g/mol. The Balaban J connectivity index is 1.88.